The first-order chi connectivity index (χ1) is 10.1. The average Bonchev–Trinajstić information content (AvgIpc) is 2.95. The average molecular weight is 287 g/mol. The third-order valence-corrected chi connectivity index (χ3v) is 3.70. The van der Waals surface area contributed by atoms with Gasteiger partial charge in [0.05, 0.1) is 12.5 Å². The highest BCUT2D eigenvalue weighted by Gasteiger charge is 2.33. The number of benzene rings is 1. The van der Waals surface area contributed by atoms with Gasteiger partial charge in [0.2, 0.25) is 5.91 Å². The van der Waals surface area contributed by atoms with Crippen LogP contribution in [0.25, 0.3) is 11.0 Å². The lowest BCUT2D eigenvalue weighted by atomic mass is 10.1. The molecule has 21 heavy (non-hydrogen) atoms. The van der Waals surface area contributed by atoms with Crippen molar-refractivity contribution in [1.82, 2.24) is 0 Å². The van der Waals surface area contributed by atoms with E-state index in [0.717, 1.165) is 22.3 Å². The Kier molecular flexibility index (Phi) is 3.41. The van der Waals surface area contributed by atoms with E-state index in [1.54, 1.807) is 0 Å². The number of hydrogen-bond donors (Lipinski definition) is 1. The van der Waals surface area contributed by atoms with Crippen molar-refractivity contribution < 1.29 is 18.7 Å². The SMILES string of the molecule is CCOC(=O)C1Cc2oc3cc(NC(C)=O)ccc3c2C1. The zero-order valence-electron chi connectivity index (χ0n) is 12.1. The van der Waals surface area contributed by atoms with E-state index in [1.807, 2.05) is 25.1 Å². The van der Waals surface area contributed by atoms with Crippen LogP contribution in [0.5, 0.6) is 0 Å². The topological polar surface area (TPSA) is 68.5 Å². The van der Waals surface area contributed by atoms with Gasteiger partial charge in [-0.25, -0.2) is 0 Å². The number of carbonyl (C=O) groups is 2. The van der Waals surface area contributed by atoms with Crippen molar-refractivity contribution in [3.8, 4) is 0 Å². The predicted octanol–water partition coefficient (Wildman–Crippen LogP) is 2.67. The maximum absolute atomic E-state index is 11.8. The third kappa shape index (κ3) is 2.51. The molecular weight excluding hydrogens is 270 g/mol. The van der Waals surface area contributed by atoms with Crippen LogP contribution in [0, 0.1) is 5.92 Å². The van der Waals surface area contributed by atoms with Crippen molar-refractivity contribution >= 4 is 28.5 Å². The summed E-state index contributed by atoms with van der Waals surface area (Å²) >= 11 is 0. The van der Waals surface area contributed by atoms with Crippen molar-refractivity contribution in [2.75, 3.05) is 11.9 Å². The second-order valence-corrected chi connectivity index (χ2v) is 5.25. The molecule has 0 aliphatic heterocycles. The molecule has 1 aromatic heterocycles. The van der Waals surface area contributed by atoms with Gasteiger partial charge in [-0.1, -0.05) is 0 Å². The molecule has 2 aromatic rings. The Hall–Kier alpha value is -2.30. The van der Waals surface area contributed by atoms with Crippen LogP contribution in [0.4, 0.5) is 5.69 Å². The van der Waals surface area contributed by atoms with Crippen LogP contribution >= 0.6 is 0 Å². The van der Waals surface area contributed by atoms with Crippen molar-refractivity contribution in [3.63, 3.8) is 0 Å². The maximum Gasteiger partial charge on any atom is 0.309 e. The molecule has 0 saturated carbocycles. The molecule has 110 valence electrons. The number of esters is 1. The fourth-order valence-electron chi connectivity index (χ4n) is 2.84. The van der Waals surface area contributed by atoms with Crippen LogP contribution in [-0.2, 0) is 27.2 Å². The van der Waals surface area contributed by atoms with Crippen LogP contribution in [0.2, 0.25) is 0 Å². The minimum atomic E-state index is -0.160. The fraction of sp³-hybridized carbons (Fsp3) is 0.375. The minimum absolute atomic E-state index is 0.115. The van der Waals surface area contributed by atoms with E-state index >= 15 is 0 Å². The summed E-state index contributed by atoms with van der Waals surface area (Å²) in [5.41, 5.74) is 2.54. The Balaban J connectivity index is 1.87. The molecule has 1 aliphatic carbocycles. The van der Waals surface area contributed by atoms with Crippen molar-refractivity contribution in [2.45, 2.75) is 26.7 Å². The smallest absolute Gasteiger partial charge is 0.309 e. The molecule has 3 rings (SSSR count). The molecular formula is C16H17NO4. The molecule has 0 saturated heterocycles. The van der Waals surface area contributed by atoms with Gasteiger partial charge in [-0.05, 0) is 25.5 Å². The standard InChI is InChI=1S/C16H17NO4/c1-3-20-16(19)10-6-13-12-5-4-11(17-9(2)18)8-15(12)21-14(13)7-10/h4-5,8,10H,3,6-7H2,1-2H3,(H,17,18). The van der Waals surface area contributed by atoms with E-state index in [1.165, 1.54) is 6.92 Å². The number of anilines is 1. The molecule has 0 fully saturated rings. The van der Waals surface area contributed by atoms with Gasteiger partial charge in [0.25, 0.3) is 0 Å². The number of rotatable bonds is 3. The number of carbonyl (C=O) groups excluding carboxylic acids is 2. The van der Waals surface area contributed by atoms with E-state index in [0.29, 0.717) is 25.1 Å². The summed E-state index contributed by atoms with van der Waals surface area (Å²) in [6.45, 7) is 3.68. The van der Waals surface area contributed by atoms with Gasteiger partial charge in [-0.2, -0.15) is 0 Å². The second-order valence-electron chi connectivity index (χ2n) is 5.25. The van der Waals surface area contributed by atoms with Crippen molar-refractivity contribution in [3.05, 3.63) is 29.5 Å². The Morgan fingerprint density at radius 1 is 1.38 bits per heavy atom. The summed E-state index contributed by atoms with van der Waals surface area (Å²) in [7, 11) is 0. The number of amides is 1. The second kappa shape index (κ2) is 5.24. The number of fused-ring (bicyclic) bond motifs is 3. The molecule has 1 atom stereocenters. The van der Waals surface area contributed by atoms with Gasteiger partial charge in [-0.15, -0.1) is 0 Å². The van der Waals surface area contributed by atoms with Crippen LogP contribution in [0.3, 0.4) is 0 Å². The summed E-state index contributed by atoms with van der Waals surface area (Å²) in [6.07, 6.45) is 1.24. The molecule has 5 nitrogen and oxygen atoms in total. The molecule has 1 aliphatic rings. The number of hydrogen-bond acceptors (Lipinski definition) is 4. The third-order valence-electron chi connectivity index (χ3n) is 3.70. The summed E-state index contributed by atoms with van der Waals surface area (Å²) < 4.78 is 10.9. The summed E-state index contributed by atoms with van der Waals surface area (Å²) in [5.74, 6) is 0.434. The van der Waals surface area contributed by atoms with Gasteiger partial charge >= 0.3 is 5.97 Å². The molecule has 1 aromatic carbocycles. The van der Waals surface area contributed by atoms with Gasteiger partial charge < -0.3 is 14.5 Å². The summed E-state index contributed by atoms with van der Waals surface area (Å²) in [6, 6.07) is 5.59. The van der Waals surface area contributed by atoms with Crippen molar-refractivity contribution in [2.24, 2.45) is 5.92 Å². The minimum Gasteiger partial charge on any atom is -0.466 e. The van der Waals surface area contributed by atoms with E-state index in [4.69, 9.17) is 9.15 Å². The highest BCUT2D eigenvalue weighted by Crippen LogP contribution is 2.37. The first-order valence-electron chi connectivity index (χ1n) is 7.07. The molecule has 1 amide bonds. The Labute approximate surface area is 122 Å². The maximum atomic E-state index is 11.8. The summed E-state index contributed by atoms with van der Waals surface area (Å²) in [5, 5.41) is 3.74. The van der Waals surface area contributed by atoms with E-state index < -0.39 is 0 Å². The first-order valence-corrected chi connectivity index (χ1v) is 7.07. The lowest BCUT2D eigenvalue weighted by Gasteiger charge is -2.08. The van der Waals surface area contributed by atoms with Gasteiger partial charge in [0, 0.05) is 36.0 Å². The number of ether oxygens (including phenoxy) is 1. The molecule has 5 heteroatoms. The van der Waals surface area contributed by atoms with Crippen LogP contribution in [-0.4, -0.2) is 18.5 Å². The lowest BCUT2D eigenvalue weighted by Crippen LogP contribution is -2.17. The fourth-order valence-corrected chi connectivity index (χ4v) is 2.84. The predicted molar refractivity (Wildman–Crippen MR) is 78.0 cm³/mol. The lowest BCUT2D eigenvalue weighted by molar-refractivity contribution is -0.147. The highest BCUT2D eigenvalue weighted by atomic mass is 16.5. The van der Waals surface area contributed by atoms with E-state index in [-0.39, 0.29) is 17.8 Å². The van der Waals surface area contributed by atoms with Crippen LogP contribution in [0.1, 0.15) is 25.2 Å². The Morgan fingerprint density at radius 3 is 2.90 bits per heavy atom. The number of nitrogens with one attached hydrogen (secondary N) is 1. The van der Waals surface area contributed by atoms with E-state index in [2.05, 4.69) is 5.32 Å². The quantitative estimate of drug-likeness (QED) is 0.881. The molecule has 1 heterocycles. The zero-order valence-corrected chi connectivity index (χ0v) is 12.1. The Morgan fingerprint density at radius 2 is 2.19 bits per heavy atom. The first kappa shape index (κ1) is 13.7. The summed E-state index contributed by atoms with van der Waals surface area (Å²) in [4.78, 5) is 22.9. The van der Waals surface area contributed by atoms with Gasteiger partial charge in [0.1, 0.15) is 11.3 Å². The number of furan rings is 1. The molecule has 1 N–H and O–H groups in total. The largest absolute Gasteiger partial charge is 0.466 e. The monoisotopic (exact) mass is 287 g/mol. The van der Waals surface area contributed by atoms with E-state index in [9.17, 15) is 9.59 Å². The molecule has 0 spiro atoms. The Bertz CT molecular complexity index is 716. The van der Waals surface area contributed by atoms with Gasteiger partial charge in [0.15, 0.2) is 0 Å². The highest BCUT2D eigenvalue weighted by molar-refractivity contribution is 5.93. The molecule has 1 unspecified atom stereocenters. The zero-order chi connectivity index (χ0) is 15.0. The van der Waals surface area contributed by atoms with Crippen molar-refractivity contribution in [1.29, 1.82) is 0 Å². The van der Waals surface area contributed by atoms with Crippen LogP contribution in [0.15, 0.2) is 22.6 Å². The molecule has 0 bridgehead atoms. The normalized spacial score (nSPS) is 16.8. The molecule has 0 radical (unpaired) electrons. The van der Waals surface area contributed by atoms with Crippen LogP contribution < -0.4 is 5.32 Å². The van der Waals surface area contributed by atoms with Gasteiger partial charge in [-0.3, -0.25) is 9.59 Å².